The van der Waals surface area contributed by atoms with E-state index in [2.05, 4.69) is 5.92 Å². The highest BCUT2D eigenvalue weighted by Gasteiger charge is 2.18. The van der Waals surface area contributed by atoms with Gasteiger partial charge in [0.25, 0.3) is 0 Å². The molecule has 1 aromatic rings. The fourth-order valence-corrected chi connectivity index (χ4v) is 2.87. The van der Waals surface area contributed by atoms with E-state index < -0.39 is 10.0 Å². The summed E-state index contributed by atoms with van der Waals surface area (Å²) < 4.78 is 25.0. The molecule has 92 valence electrons. The van der Waals surface area contributed by atoms with Crippen LogP contribution in [-0.4, -0.2) is 27.5 Å². The highest BCUT2D eigenvalue weighted by atomic mass is 32.2. The molecule has 0 bridgehead atoms. The third-order valence-corrected chi connectivity index (χ3v) is 5.01. The lowest BCUT2D eigenvalue weighted by Gasteiger charge is -2.21. The lowest BCUT2D eigenvalue weighted by molar-refractivity contribution is 0.595. The van der Waals surface area contributed by atoms with Crippen molar-refractivity contribution in [3.05, 3.63) is 23.8 Å². The Kier molecular flexibility index (Phi) is 4.49. The van der Waals surface area contributed by atoms with Gasteiger partial charge in [0, 0.05) is 17.5 Å². The van der Waals surface area contributed by atoms with Gasteiger partial charge >= 0.3 is 0 Å². The van der Waals surface area contributed by atoms with Crippen molar-refractivity contribution in [1.82, 2.24) is 0 Å². The molecular weight excluding hydrogens is 254 g/mol. The van der Waals surface area contributed by atoms with Crippen LogP contribution in [0.15, 0.2) is 23.1 Å². The summed E-state index contributed by atoms with van der Waals surface area (Å²) in [7, 11) is -1.71. The summed E-state index contributed by atoms with van der Waals surface area (Å²) in [6.07, 6.45) is 7.23. The van der Waals surface area contributed by atoms with Crippen molar-refractivity contribution in [1.29, 1.82) is 0 Å². The standard InChI is InChI=1S/C12H15NO2S2/c1-5-10-7-8-12(16-4)11(9-10)13(3)17(14,15)6-2/h1,7-9H,6H2,2-4H3. The minimum Gasteiger partial charge on any atom is -0.272 e. The number of terminal acetylenes is 1. The minimum absolute atomic E-state index is 0.0671. The molecule has 0 amide bonds. The molecule has 0 heterocycles. The molecule has 0 radical (unpaired) electrons. The molecule has 0 unspecified atom stereocenters. The number of benzene rings is 1. The molecular formula is C12H15NO2S2. The zero-order valence-electron chi connectivity index (χ0n) is 10.1. The first-order chi connectivity index (χ1) is 7.96. The van der Waals surface area contributed by atoms with Gasteiger partial charge in [-0.3, -0.25) is 4.31 Å². The van der Waals surface area contributed by atoms with Crippen molar-refractivity contribution < 1.29 is 8.42 Å². The van der Waals surface area contributed by atoms with Crippen LogP contribution >= 0.6 is 11.8 Å². The van der Waals surface area contributed by atoms with E-state index in [0.717, 1.165) is 4.90 Å². The molecule has 3 nitrogen and oxygen atoms in total. The number of thioether (sulfide) groups is 1. The van der Waals surface area contributed by atoms with Crippen molar-refractivity contribution in [3.63, 3.8) is 0 Å². The van der Waals surface area contributed by atoms with Crippen LogP contribution in [-0.2, 0) is 10.0 Å². The molecule has 0 N–H and O–H groups in total. The highest BCUT2D eigenvalue weighted by molar-refractivity contribution is 7.99. The highest BCUT2D eigenvalue weighted by Crippen LogP contribution is 2.30. The first kappa shape index (κ1) is 13.9. The van der Waals surface area contributed by atoms with Crippen molar-refractivity contribution >= 4 is 27.5 Å². The molecule has 17 heavy (non-hydrogen) atoms. The molecule has 5 heteroatoms. The lowest BCUT2D eigenvalue weighted by Crippen LogP contribution is -2.28. The Morgan fingerprint density at radius 3 is 2.59 bits per heavy atom. The summed E-state index contributed by atoms with van der Waals surface area (Å²) >= 11 is 1.49. The Labute approximate surface area is 107 Å². The van der Waals surface area contributed by atoms with Crippen LogP contribution in [0.4, 0.5) is 5.69 Å². The van der Waals surface area contributed by atoms with Gasteiger partial charge in [-0.1, -0.05) is 5.92 Å². The summed E-state index contributed by atoms with van der Waals surface area (Å²) in [6, 6.07) is 5.37. The predicted octanol–water partition coefficient (Wildman–Crippen LogP) is 2.18. The van der Waals surface area contributed by atoms with Crippen LogP contribution in [0.25, 0.3) is 0 Å². The molecule has 0 aliphatic heterocycles. The molecule has 1 aromatic carbocycles. The van der Waals surface area contributed by atoms with Gasteiger partial charge in [-0.2, -0.15) is 0 Å². The van der Waals surface area contributed by atoms with Crippen molar-refractivity contribution in [2.24, 2.45) is 0 Å². The van der Waals surface area contributed by atoms with Crippen LogP contribution < -0.4 is 4.31 Å². The summed E-state index contributed by atoms with van der Waals surface area (Å²) in [6.45, 7) is 1.62. The van der Waals surface area contributed by atoms with Crippen LogP contribution in [0.5, 0.6) is 0 Å². The van der Waals surface area contributed by atoms with E-state index >= 15 is 0 Å². The number of nitrogens with zero attached hydrogens (tertiary/aromatic N) is 1. The average Bonchev–Trinajstić information content (AvgIpc) is 2.36. The Bertz CT molecular complexity index is 544. The molecule has 0 aliphatic carbocycles. The first-order valence-corrected chi connectivity index (χ1v) is 7.91. The molecule has 0 atom stereocenters. The normalized spacial score (nSPS) is 10.9. The Morgan fingerprint density at radius 2 is 2.12 bits per heavy atom. The molecule has 0 aromatic heterocycles. The number of sulfonamides is 1. The molecule has 1 rings (SSSR count). The third-order valence-electron chi connectivity index (χ3n) is 2.47. The van der Waals surface area contributed by atoms with Crippen LogP contribution in [0.1, 0.15) is 12.5 Å². The van der Waals surface area contributed by atoms with E-state index in [1.807, 2.05) is 18.4 Å². The average molecular weight is 269 g/mol. The monoisotopic (exact) mass is 269 g/mol. The maximum Gasteiger partial charge on any atom is 0.234 e. The van der Waals surface area contributed by atoms with Crippen LogP contribution in [0.2, 0.25) is 0 Å². The van der Waals surface area contributed by atoms with E-state index in [1.165, 1.54) is 16.1 Å². The van der Waals surface area contributed by atoms with Gasteiger partial charge < -0.3 is 0 Å². The lowest BCUT2D eigenvalue weighted by atomic mass is 10.2. The van der Waals surface area contributed by atoms with Gasteiger partial charge in [0.1, 0.15) is 0 Å². The second-order valence-electron chi connectivity index (χ2n) is 3.40. The Hall–Kier alpha value is -1.12. The molecule has 0 saturated carbocycles. The SMILES string of the molecule is C#Cc1ccc(SC)c(N(C)S(=O)(=O)CC)c1. The maximum atomic E-state index is 11.8. The van der Waals surface area contributed by atoms with Gasteiger partial charge in [-0.05, 0) is 31.4 Å². The molecule has 0 fully saturated rings. The van der Waals surface area contributed by atoms with Gasteiger partial charge in [0.05, 0.1) is 11.4 Å². The third kappa shape index (κ3) is 2.96. The van der Waals surface area contributed by atoms with Gasteiger partial charge in [0.15, 0.2) is 0 Å². The fourth-order valence-electron chi connectivity index (χ4n) is 1.37. The van der Waals surface area contributed by atoms with Gasteiger partial charge in [-0.15, -0.1) is 18.2 Å². The van der Waals surface area contributed by atoms with Crippen molar-refractivity contribution in [2.45, 2.75) is 11.8 Å². The number of hydrogen-bond donors (Lipinski definition) is 0. The maximum absolute atomic E-state index is 11.8. The van der Waals surface area contributed by atoms with E-state index in [-0.39, 0.29) is 5.75 Å². The van der Waals surface area contributed by atoms with E-state index in [1.54, 1.807) is 20.0 Å². The second-order valence-corrected chi connectivity index (χ2v) is 6.54. The summed E-state index contributed by atoms with van der Waals surface area (Å²) in [5, 5.41) is 0. The predicted molar refractivity (Wildman–Crippen MR) is 74.0 cm³/mol. The number of rotatable bonds is 4. The first-order valence-electron chi connectivity index (χ1n) is 5.07. The van der Waals surface area contributed by atoms with E-state index in [4.69, 9.17) is 6.42 Å². The molecule has 0 spiro atoms. The summed E-state index contributed by atoms with van der Waals surface area (Å²) in [5.41, 5.74) is 1.31. The quantitative estimate of drug-likeness (QED) is 0.621. The fraction of sp³-hybridized carbons (Fsp3) is 0.333. The summed E-state index contributed by atoms with van der Waals surface area (Å²) in [5.74, 6) is 2.58. The minimum atomic E-state index is -3.26. The molecule has 0 aliphatic rings. The van der Waals surface area contributed by atoms with Crippen molar-refractivity contribution in [3.8, 4) is 12.3 Å². The van der Waals surface area contributed by atoms with Crippen molar-refractivity contribution in [2.75, 3.05) is 23.4 Å². The number of hydrogen-bond acceptors (Lipinski definition) is 3. The van der Waals surface area contributed by atoms with Crippen LogP contribution in [0, 0.1) is 12.3 Å². The number of anilines is 1. The smallest absolute Gasteiger partial charge is 0.234 e. The molecule has 0 saturated heterocycles. The zero-order valence-corrected chi connectivity index (χ0v) is 11.7. The van der Waals surface area contributed by atoms with Gasteiger partial charge in [0.2, 0.25) is 10.0 Å². The van der Waals surface area contributed by atoms with Gasteiger partial charge in [-0.25, -0.2) is 8.42 Å². The van der Waals surface area contributed by atoms with E-state index in [9.17, 15) is 8.42 Å². The largest absolute Gasteiger partial charge is 0.272 e. The summed E-state index contributed by atoms with van der Waals surface area (Å²) in [4.78, 5) is 0.892. The second kappa shape index (κ2) is 5.48. The van der Waals surface area contributed by atoms with Crippen LogP contribution in [0.3, 0.4) is 0 Å². The zero-order chi connectivity index (χ0) is 13.1. The van der Waals surface area contributed by atoms with E-state index in [0.29, 0.717) is 11.3 Å². The Morgan fingerprint density at radius 1 is 1.47 bits per heavy atom. The Balaban J connectivity index is 3.34. The topological polar surface area (TPSA) is 37.4 Å².